The molecule has 2 heterocycles. The first kappa shape index (κ1) is 14.1. The molecule has 0 saturated carbocycles. The van der Waals surface area contributed by atoms with E-state index in [1.165, 1.54) is 4.68 Å². The van der Waals surface area contributed by atoms with Crippen molar-refractivity contribution in [2.24, 2.45) is 0 Å². The Labute approximate surface area is 117 Å². The molecule has 0 bridgehead atoms. The zero-order valence-electron chi connectivity index (χ0n) is 11.1. The minimum Gasteiger partial charge on any atom is -0.363 e. The highest BCUT2D eigenvalue weighted by Crippen LogP contribution is 2.24. The minimum atomic E-state index is -0.257. The zero-order chi connectivity index (χ0) is 13.8. The molecule has 1 aliphatic rings. The lowest BCUT2D eigenvalue weighted by Gasteiger charge is -2.39. The average Bonchev–Trinajstić information content (AvgIpc) is 2.33. The number of halogens is 1. The molecule has 1 aliphatic heterocycles. The van der Waals surface area contributed by atoms with Crippen molar-refractivity contribution in [3.63, 3.8) is 0 Å². The molecule has 2 rings (SSSR count). The second-order valence-corrected chi connectivity index (χ2v) is 5.00. The van der Waals surface area contributed by atoms with Gasteiger partial charge in [0.15, 0.2) is 0 Å². The van der Waals surface area contributed by atoms with Crippen LogP contribution >= 0.6 is 11.6 Å². The van der Waals surface area contributed by atoms with Crippen molar-refractivity contribution in [2.45, 2.75) is 25.9 Å². The highest BCUT2D eigenvalue weighted by Gasteiger charge is 2.26. The average molecular weight is 283 g/mol. The van der Waals surface area contributed by atoms with Crippen LogP contribution in [0.5, 0.6) is 0 Å². The first-order valence-corrected chi connectivity index (χ1v) is 6.90. The normalized spacial score (nSPS) is 15.1. The first-order valence-electron chi connectivity index (χ1n) is 6.53. The summed E-state index contributed by atoms with van der Waals surface area (Å²) in [7, 11) is 0. The van der Waals surface area contributed by atoms with E-state index in [1.54, 1.807) is 12.3 Å². The molecule has 6 heteroatoms. The van der Waals surface area contributed by atoms with Crippen LogP contribution in [0.4, 0.5) is 5.69 Å². The molecule has 0 radical (unpaired) electrons. The lowest BCUT2D eigenvalue weighted by atomic mass is 10.1. The van der Waals surface area contributed by atoms with Gasteiger partial charge in [-0.3, -0.25) is 4.79 Å². The number of aromatic nitrogens is 2. The van der Waals surface area contributed by atoms with Gasteiger partial charge in [-0.15, -0.1) is 6.58 Å². The van der Waals surface area contributed by atoms with Gasteiger partial charge in [-0.2, -0.15) is 5.10 Å². The van der Waals surface area contributed by atoms with Crippen molar-refractivity contribution in [1.29, 1.82) is 0 Å². The number of hydrogen-bond donors (Lipinski definition) is 1. The van der Waals surface area contributed by atoms with Gasteiger partial charge in [0, 0.05) is 19.6 Å². The topological polar surface area (TPSA) is 50.2 Å². The Hall–Kier alpha value is -1.33. The summed E-state index contributed by atoms with van der Waals surface area (Å²) in [5.74, 6) is 0. The molecule has 1 saturated heterocycles. The van der Waals surface area contributed by atoms with Crippen molar-refractivity contribution in [3.05, 3.63) is 34.2 Å². The maximum atomic E-state index is 12.1. The molecular formula is C13H19ClN4O. The molecule has 0 atom stereocenters. The Morgan fingerprint density at radius 3 is 2.95 bits per heavy atom. The van der Waals surface area contributed by atoms with E-state index in [2.05, 4.69) is 28.8 Å². The molecule has 1 fully saturated rings. The van der Waals surface area contributed by atoms with Crippen molar-refractivity contribution < 1.29 is 0 Å². The molecule has 0 amide bonds. The van der Waals surface area contributed by atoms with Gasteiger partial charge >= 0.3 is 0 Å². The van der Waals surface area contributed by atoms with Crippen LogP contribution in [0.1, 0.15) is 13.3 Å². The summed E-state index contributed by atoms with van der Waals surface area (Å²) in [6, 6.07) is 0.397. The second-order valence-electron chi connectivity index (χ2n) is 4.63. The first-order chi connectivity index (χ1) is 9.19. The fraction of sp³-hybridized carbons (Fsp3) is 0.538. The Morgan fingerprint density at radius 1 is 1.68 bits per heavy atom. The van der Waals surface area contributed by atoms with E-state index in [1.807, 2.05) is 0 Å². The summed E-state index contributed by atoms with van der Waals surface area (Å²) in [5.41, 5.74) is 0.479. The maximum absolute atomic E-state index is 12.1. The van der Waals surface area contributed by atoms with Crippen LogP contribution in [0.3, 0.4) is 0 Å². The molecule has 1 N–H and O–H groups in total. The zero-order valence-corrected chi connectivity index (χ0v) is 11.9. The Balaban J connectivity index is 2.34. The van der Waals surface area contributed by atoms with E-state index >= 15 is 0 Å². The van der Waals surface area contributed by atoms with E-state index in [0.717, 1.165) is 31.7 Å². The third-order valence-electron chi connectivity index (χ3n) is 3.24. The minimum absolute atomic E-state index is 0.247. The van der Waals surface area contributed by atoms with Gasteiger partial charge < -0.3 is 10.2 Å². The number of nitrogens with one attached hydrogen (secondary N) is 1. The van der Waals surface area contributed by atoms with Crippen LogP contribution in [-0.2, 0) is 6.54 Å². The maximum Gasteiger partial charge on any atom is 0.287 e. The molecule has 0 aliphatic carbocycles. The third kappa shape index (κ3) is 2.82. The molecule has 0 spiro atoms. The number of anilines is 1. The lowest BCUT2D eigenvalue weighted by molar-refractivity contribution is 0.412. The van der Waals surface area contributed by atoms with Crippen LogP contribution in [0.2, 0.25) is 5.02 Å². The highest BCUT2D eigenvalue weighted by atomic mass is 35.5. The van der Waals surface area contributed by atoms with Crippen LogP contribution in [0, 0.1) is 0 Å². The Morgan fingerprint density at radius 2 is 2.42 bits per heavy atom. The second kappa shape index (κ2) is 6.21. The largest absolute Gasteiger partial charge is 0.363 e. The van der Waals surface area contributed by atoms with Gasteiger partial charge in [0.2, 0.25) is 0 Å². The van der Waals surface area contributed by atoms with Crippen LogP contribution in [0.25, 0.3) is 0 Å². The summed E-state index contributed by atoms with van der Waals surface area (Å²) < 4.78 is 1.32. The van der Waals surface area contributed by atoms with E-state index in [-0.39, 0.29) is 10.6 Å². The van der Waals surface area contributed by atoms with E-state index in [9.17, 15) is 4.79 Å². The summed E-state index contributed by atoms with van der Waals surface area (Å²) in [4.78, 5) is 14.3. The fourth-order valence-corrected chi connectivity index (χ4v) is 2.40. The number of hydrogen-bond acceptors (Lipinski definition) is 4. The van der Waals surface area contributed by atoms with Crippen molar-refractivity contribution in [2.75, 3.05) is 24.5 Å². The lowest BCUT2D eigenvalue weighted by Crippen LogP contribution is -2.58. The van der Waals surface area contributed by atoms with Crippen LogP contribution < -0.4 is 15.8 Å². The van der Waals surface area contributed by atoms with Crippen LogP contribution in [0.15, 0.2) is 23.6 Å². The molecule has 0 unspecified atom stereocenters. The number of nitrogens with zero attached hydrogens (tertiary/aromatic N) is 3. The quantitative estimate of drug-likeness (QED) is 0.799. The fourth-order valence-electron chi connectivity index (χ4n) is 2.14. The summed E-state index contributed by atoms with van der Waals surface area (Å²) >= 11 is 6.22. The van der Waals surface area contributed by atoms with Crippen molar-refractivity contribution in [3.8, 4) is 0 Å². The van der Waals surface area contributed by atoms with Crippen molar-refractivity contribution >= 4 is 17.3 Å². The monoisotopic (exact) mass is 282 g/mol. The van der Waals surface area contributed by atoms with Crippen molar-refractivity contribution in [1.82, 2.24) is 15.1 Å². The SMILES string of the molecule is C=CCn1ncc(N(CCC)C2CNC2)c(Cl)c1=O. The summed E-state index contributed by atoms with van der Waals surface area (Å²) in [5, 5.41) is 7.64. The molecule has 5 nitrogen and oxygen atoms in total. The molecular weight excluding hydrogens is 264 g/mol. The van der Waals surface area contributed by atoms with Gasteiger partial charge in [0.25, 0.3) is 5.56 Å². The summed E-state index contributed by atoms with van der Waals surface area (Å²) in [6.45, 7) is 8.81. The number of rotatable bonds is 6. The van der Waals surface area contributed by atoms with Gasteiger partial charge in [-0.25, -0.2) is 4.68 Å². The number of allylic oxidation sites excluding steroid dienone is 1. The third-order valence-corrected chi connectivity index (χ3v) is 3.60. The molecule has 104 valence electrons. The van der Waals surface area contributed by atoms with E-state index in [4.69, 9.17) is 11.6 Å². The predicted octanol–water partition coefficient (Wildman–Crippen LogP) is 1.27. The molecule has 19 heavy (non-hydrogen) atoms. The standard InChI is InChI=1S/C13H19ClN4O/c1-3-5-17(10-7-15-8-10)11-9-16-18(6-4-2)13(19)12(11)14/h4,9-10,15H,2-3,5-8H2,1H3. The highest BCUT2D eigenvalue weighted by molar-refractivity contribution is 6.33. The summed E-state index contributed by atoms with van der Waals surface area (Å²) in [6.07, 6.45) is 4.31. The molecule has 0 aromatic carbocycles. The van der Waals surface area contributed by atoms with Gasteiger partial charge in [0.1, 0.15) is 5.02 Å². The van der Waals surface area contributed by atoms with E-state index in [0.29, 0.717) is 12.6 Å². The van der Waals surface area contributed by atoms with Crippen LogP contribution in [-0.4, -0.2) is 35.5 Å². The van der Waals surface area contributed by atoms with Gasteiger partial charge in [-0.1, -0.05) is 24.6 Å². The predicted molar refractivity (Wildman–Crippen MR) is 78.0 cm³/mol. The van der Waals surface area contributed by atoms with E-state index < -0.39 is 0 Å². The Kier molecular flexibility index (Phi) is 4.61. The molecule has 1 aromatic rings. The van der Waals surface area contributed by atoms with Gasteiger partial charge in [-0.05, 0) is 6.42 Å². The molecule has 1 aromatic heterocycles. The van der Waals surface area contributed by atoms with Gasteiger partial charge in [0.05, 0.1) is 24.5 Å². The smallest absolute Gasteiger partial charge is 0.287 e. The Bertz CT molecular complexity index is 510.